The maximum atomic E-state index is 9.41. The minimum absolute atomic E-state index is 0.392. The smallest absolute Gasteiger partial charge is 0.118 e. The summed E-state index contributed by atoms with van der Waals surface area (Å²) in [6.07, 6.45) is 11.3. The average Bonchev–Trinajstić information content (AvgIpc) is 3.77. The molecule has 0 bridgehead atoms. The van der Waals surface area contributed by atoms with Gasteiger partial charge >= 0.3 is 0 Å². The van der Waals surface area contributed by atoms with E-state index in [-0.39, 0.29) is 0 Å². The first-order chi connectivity index (χ1) is 26.7. The second kappa shape index (κ2) is 24.5. The molecule has 0 saturated heterocycles. The summed E-state index contributed by atoms with van der Waals surface area (Å²) in [6.45, 7) is 31.9. The molecule has 0 spiro atoms. The molecule has 1 aliphatic heterocycles. The van der Waals surface area contributed by atoms with Crippen molar-refractivity contribution in [2.24, 2.45) is 28.6 Å². The third kappa shape index (κ3) is 22.3. The highest BCUT2D eigenvalue weighted by molar-refractivity contribution is 5.73. The highest BCUT2D eigenvalue weighted by Crippen LogP contribution is 2.36. The fourth-order valence-corrected chi connectivity index (χ4v) is 6.70. The molecule has 4 aromatic rings. The largest absolute Gasteiger partial charge is 0.508 e. The van der Waals surface area contributed by atoms with Gasteiger partial charge in [0.15, 0.2) is 0 Å². The molecule has 0 fully saturated rings. The fraction of sp³-hybridized carbons (Fsp3) is 0.481. The molecule has 3 heteroatoms. The van der Waals surface area contributed by atoms with Crippen molar-refractivity contribution in [1.29, 1.82) is 0 Å². The highest BCUT2D eigenvalue weighted by Gasteiger charge is 2.19. The summed E-state index contributed by atoms with van der Waals surface area (Å²) < 4.78 is 0. The molecule has 312 valence electrons. The van der Waals surface area contributed by atoms with Crippen LogP contribution in [0.1, 0.15) is 135 Å². The van der Waals surface area contributed by atoms with E-state index >= 15 is 0 Å². The number of phenols is 1. The van der Waals surface area contributed by atoms with E-state index in [2.05, 4.69) is 198 Å². The fourth-order valence-electron chi connectivity index (χ4n) is 6.70. The van der Waals surface area contributed by atoms with Crippen molar-refractivity contribution in [2.45, 2.75) is 135 Å². The molecule has 0 radical (unpaired) electrons. The Balaban J connectivity index is 0.000000247. The summed E-state index contributed by atoms with van der Waals surface area (Å²) in [5.41, 5.74) is 13.0. The van der Waals surface area contributed by atoms with Gasteiger partial charge in [0.05, 0.1) is 6.67 Å². The van der Waals surface area contributed by atoms with Gasteiger partial charge in [0, 0.05) is 11.9 Å². The second-order valence-corrected chi connectivity index (χ2v) is 19.7. The molecule has 1 aliphatic carbocycles. The third-order valence-electron chi connectivity index (χ3n) is 9.24. The van der Waals surface area contributed by atoms with E-state index < -0.39 is 0 Å². The standard InChI is InChI=1S/C14H18.C11H16O.C11H16.C10H14.C8H16N2/c1-14(2,3)10-12-9-8-11-6-4-5-7-13(11)12;1-8(2)6-10-5-4-9(3)11(12)7-10;1-9(2)8-11-6-4-10(3)5-7-11;1-9(2)8-10-6-4-3-5-7-10;1-8(2,3)4-7-5-9-6-10-7/h4-7,9H,8,10H2,1-3H3;4-5,7-8,12H,6H2,1-3H3;4-7,9H,8H2,1-3H3;3-7,9H,8H2,1-2H3;5,9-10H,4,6H2,1-3H3. The van der Waals surface area contributed by atoms with Crippen LogP contribution >= 0.6 is 0 Å². The van der Waals surface area contributed by atoms with Crippen LogP contribution < -0.4 is 10.6 Å². The molecular weight excluding hydrogens is 693 g/mol. The Morgan fingerprint density at radius 3 is 1.61 bits per heavy atom. The topological polar surface area (TPSA) is 44.3 Å². The highest BCUT2D eigenvalue weighted by atomic mass is 16.3. The Hall–Kier alpha value is -4.24. The number of phenolic OH excluding ortho intramolecular Hbond substituents is 1. The zero-order valence-corrected chi connectivity index (χ0v) is 38.5. The number of fused-ring (bicyclic) bond motifs is 1. The van der Waals surface area contributed by atoms with Crippen LogP contribution in [0.4, 0.5) is 0 Å². The van der Waals surface area contributed by atoms with Gasteiger partial charge in [-0.1, -0.05) is 186 Å². The quantitative estimate of drug-likeness (QED) is 0.167. The van der Waals surface area contributed by atoms with Gasteiger partial charge < -0.3 is 15.7 Å². The van der Waals surface area contributed by atoms with Crippen molar-refractivity contribution < 1.29 is 5.11 Å². The van der Waals surface area contributed by atoms with Crippen LogP contribution in [-0.4, -0.2) is 11.8 Å². The molecule has 0 atom stereocenters. The Bertz CT molecular complexity index is 1760. The molecule has 0 aromatic heterocycles. The van der Waals surface area contributed by atoms with Crippen LogP contribution in [0, 0.1) is 42.4 Å². The average molecular weight is 773 g/mol. The number of aryl methyl sites for hydroxylation is 2. The number of nitrogens with one attached hydrogen (secondary N) is 2. The first kappa shape index (κ1) is 48.9. The minimum atomic E-state index is 0.392. The Labute approximate surface area is 350 Å². The van der Waals surface area contributed by atoms with Gasteiger partial charge in [-0.3, -0.25) is 0 Å². The zero-order valence-electron chi connectivity index (χ0n) is 38.5. The lowest BCUT2D eigenvalue weighted by Crippen LogP contribution is -2.17. The SMILES string of the molecule is CC(C)(C)CC1=CCc2ccccc21.CC(C)(C)CC1=CNCN1.CC(C)Cc1ccccc1.Cc1ccc(CC(C)C)cc1.Cc1ccc(CC(C)C)cc1O. The molecule has 6 rings (SSSR count). The van der Waals surface area contributed by atoms with E-state index in [1.165, 1.54) is 63.9 Å². The number of hydrogen-bond donors (Lipinski definition) is 3. The number of benzene rings is 4. The molecule has 0 unspecified atom stereocenters. The lowest BCUT2D eigenvalue weighted by molar-refractivity contribution is 0.401. The van der Waals surface area contributed by atoms with Gasteiger partial charge in [0.25, 0.3) is 0 Å². The molecule has 4 aromatic carbocycles. The Kier molecular flexibility index (Phi) is 21.0. The maximum absolute atomic E-state index is 9.41. The number of rotatable bonds is 8. The molecule has 0 amide bonds. The summed E-state index contributed by atoms with van der Waals surface area (Å²) in [5, 5.41) is 15.8. The second-order valence-electron chi connectivity index (χ2n) is 19.7. The van der Waals surface area contributed by atoms with Crippen LogP contribution in [0.25, 0.3) is 5.57 Å². The third-order valence-corrected chi connectivity index (χ3v) is 9.24. The van der Waals surface area contributed by atoms with E-state index in [1.54, 1.807) is 0 Å². The summed E-state index contributed by atoms with van der Waals surface area (Å²) in [5.74, 6) is 2.58. The zero-order chi connectivity index (χ0) is 42.6. The van der Waals surface area contributed by atoms with E-state index in [9.17, 15) is 5.11 Å². The summed E-state index contributed by atoms with van der Waals surface area (Å²) in [6, 6.07) is 34.1. The van der Waals surface area contributed by atoms with E-state index in [0.29, 0.717) is 22.5 Å². The first-order valence-electron chi connectivity index (χ1n) is 21.5. The predicted octanol–water partition coefficient (Wildman–Crippen LogP) is 14.5. The molecular formula is C54H80N2O. The number of aromatic hydroxyl groups is 1. The van der Waals surface area contributed by atoms with Crippen molar-refractivity contribution in [2.75, 3.05) is 6.67 Å². The van der Waals surface area contributed by atoms with Crippen molar-refractivity contribution in [3.8, 4) is 5.75 Å². The Morgan fingerprint density at radius 1 is 0.596 bits per heavy atom. The Morgan fingerprint density at radius 2 is 1.11 bits per heavy atom. The van der Waals surface area contributed by atoms with Crippen LogP contribution in [0.15, 0.2) is 115 Å². The molecule has 57 heavy (non-hydrogen) atoms. The van der Waals surface area contributed by atoms with E-state index in [0.717, 1.165) is 43.3 Å². The summed E-state index contributed by atoms with van der Waals surface area (Å²) >= 11 is 0. The van der Waals surface area contributed by atoms with E-state index in [4.69, 9.17) is 0 Å². The van der Waals surface area contributed by atoms with Crippen LogP contribution in [0.2, 0.25) is 0 Å². The number of allylic oxidation sites excluding steroid dienone is 3. The van der Waals surface area contributed by atoms with Crippen molar-refractivity contribution >= 4 is 5.57 Å². The van der Waals surface area contributed by atoms with Crippen LogP contribution in [0.3, 0.4) is 0 Å². The maximum Gasteiger partial charge on any atom is 0.118 e. The monoisotopic (exact) mass is 773 g/mol. The van der Waals surface area contributed by atoms with Crippen LogP contribution in [0.5, 0.6) is 5.75 Å². The summed E-state index contributed by atoms with van der Waals surface area (Å²) in [7, 11) is 0. The number of hydrogen-bond acceptors (Lipinski definition) is 3. The van der Waals surface area contributed by atoms with Gasteiger partial charge in [-0.15, -0.1) is 0 Å². The van der Waals surface area contributed by atoms with E-state index in [1.807, 2.05) is 19.1 Å². The van der Waals surface area contributed by atoms with Crippen molar-refractivity contribution in [3.63, 3.8) is 0 Å². The summed E-state index contributed by atoms with van der Waals surface area (Å²) in [4.78, 5) is 0. The van der Waals surface area contributed by atoms with Gasteiger partial charge in [-0.25, -0.2) is 0 Å². The predicted molar refractivity (Wildman–Crippen MR) is 252 cm³/mol. The molecule has 3 nitrogen and oxygen atoms in total. The lowest BCUT2D eigenvalue weighted by Gasteiger charge is -2.19. The van der Waals surface area contributed by atoms with Crippen molar-refractivity contribution in [1.82, 2.24) is 10.6 Å². The van der Waals surface area contributed by atoms with Crippen molar-refractivity contribution in [3.05, 3.63) is 154 Å². The molecule has 1 heterocycles. The molecule has 2 aliphatic rings. The van der Waals surface area contributed by atoms with Gasteiger partial charge in [0.2, 0.25) is 0 Å². The normalized spacial score (nSPS) is 12.9. The first-order valence-corrected chi connectivity index (χ1v) is 21.5. The molecule has 3 N–H and O–H groups in total. The lowest BCUT2D eigenvalue weighted by atomic mass is 9.86. The van der Waals surface area contributed by atoms with Gasteiger partial charge in [-0.05, 0) is 126 Å². The van der Waals surface area contributed by atoms with Gasteiger partial charge in [-0.2, -0.15) is 0 Å². The molecule has 0 saturated carbocycles. The minimum Gasteiger partial charge on any atom is -0.508 e. The van der Waals surface area contributed by atoms with Gasteiger partial charge in [0.1, 0.15) is 5.75 Å². The van der Waals surface area contributed by atoms with Crippen LogP contribution in [-0.2, 0) is 25.7 Å².